The second-order valence-corrected chi connectivity index (χ2v) is 6.52. The van der Waals surface area contributed by atoms with Crippen LogP contribution in [0.4, 0.5) is 5.69 Å². The van der Waals surface area contributed by atoms with Crippen LogP contribution in [0.2, 0.25) is 0 Å². The molecule has 1 N–H and O–H groups in total. The molecule has 0 bridgehead atoms. The molecule has 0 saturated carbocycles. The van der Waals surface area contributed by atoms with Gasteiger partial charge in [0.1, 0.15) is 0 Å². The van der Waals surface area contributed by atoms with Gasteiger partial charge < -0.3 is 10.0 Å². The number of piperazine rings is 1. The summed E-state index contributed by atoms with van der Waals surface area (Å²) in [5.41, 5.74) is 2.19. The number of hydrogen-bond acceptors (Lipinski definition) is 3. The average Bonchev–Trinajstić information content (AvgIpc) is 2.46. The van der Waals surface area contributed by atoms with Crippen LogP contribution in [0.25, 0.3) is 0 Å². The first-order valence-electron chi connectivity index (χ1n) is 7.49. The van der Waals surface area contributed by atoms with Crippen molar-refractivity contribution < 1.29 is 5.11 Å². The molecule has 1 saturated heterocycles. The fourth-order valence-corrected chi connectivity index (χ4v) is 3.43. The maximum absolute atomic E-state index is 9.68. The Morgan fingerprint density at radius 1 is 1.20 bits per heavy atom. The first-order chi connectivity index (χ1) is 9.52. The molecule has 1 heterocycles. The van der Waals surface area contributed by atoms with Crippen molar-refractivity contribution >= 4 is 21.6 Å². The molecule has 0 spiro atoms. The van der Waals surface area contributed by atoms with E-state index >= 15 is 0 Å². The van der Waals surface area contributed by atoms with Crippen molar-refractivity contribution in [3.63, 3.8) is 0 Å². The van der Waals surface area contributed by atoms with Gasteiger partial charge in [-0.25, -0.2) is 0 Å². The van der Waals surface area contributed by atoms with Gasteiger partial charge in [-0.3, -0.25) is 4.90 Å². The highest BCUT2D eigenvalue weighted by Crippen LogP contribution is 2.29. The van der Waals surface area contributed by atoms with E-state index in [-0.39, 0.29) is 0 Å². The lowest BCUT2D eigenvalue weighted by molar-refractivity contribution is 0.192. The molecule has 1 aliphatic heterocycles. The minimum atomic E-state index is -0.430. The van der Waals surface area contributed by atoms with E-state index in [9.17, 15) is 5.11 Å². The number of nitrogens with zero attached hydrogens (tertiary/aromatic N) is 2. The Bertz CT molecular complexity index is 442. The Balaban J connectivity index is 2.02. The van der Waals surface area contributed by atoms with Crippen LogP contribution < -0.4 is 4.90 Å². The minimum absolute atomic E-state index is 0.430. The van der Waals surface area contributed by atoms with Crippen LogP contribution in [-0.2, 0) is 0 Å². The second-order valence-electron chi connectivity index (χ2n) is 5.66. The van der Waals surface area contributed by atoms with Gasteiger partial charge in [-0.05, 0) is 38.0 Å². The summed E-state index contributed by atoms with van der Waals surface area (Å²) < 4.78 is 0.995. The number of aliphatic hydroxyl groups is 1. The summed E-state index contributed by atoms with van der Waals surface area (Å²) in [6, 6.07) is 6.94. The Kier molecular flexibility index (Phi) is 5.47. The number of halogens is 1. The molecule has 0 amide bonds. The SMILES string of the molecule is CCC(C)N1CCN(c2ccc([C@H](C)O)c(Br)c2)CC1. The van der Waals surface area contributed by atoms with Crippen molar-refractivity contribution in [2.75, 3.05) is 31.1 Å². The minimum Gasteiger partial charge on any atom is -0.389 e. The summed E-state index contributed by atoms with van der Waals surface area (Å²) in [4.78, 5) is 4.99. The first-order valence-corrected chi connectivity index (χ1v) is 8.28. The largest absolute Gasteiger partial charge is 0.389 e. The number of anilines is 1. The standard InChI is InChI=1S/C16H25BrN2O/c1-4-12(2)18-7-9-19(10-8-18)14-5-6-15(13(3)20)16(17)11-14/h5-6,11-13,20H,4,7-10H2,1-3H3/t12?,13-/m0/s1. The highest BCUT2D eigenvalue weighted by atomic mass is 79.9. The van der Waals surface area contributed by atoms with Crippen molar-refractivity contribution in [3.05, 3.63) is 28.2 Å². The average molecular weight is 341 g/mol. The number of aliphatic hydroxyl groups excluding tert-OH is 1. The van der Waals surface area contributed by atoms with E-state index in [1.807, 2.05) is 6.07 Å². The third-order valence-corrected chi connectivity index (χ3v) is 5.01. The van der Waals surface area contributed by atoms with Gasteiger partial charge in [0.2, 0.25) is 0 Å². The van der Waals surface area contributed by atoms with Gasteiger partial charge in [0.15, 0.2) is 0 Å². The van der Waals surface area contributed by atoms with E-state index in [4.69, 9.17) is 0 Å². The predicted molar refractivity (Wildman–Crippen MR) is 88.3 cm³/mol. The van der Waals surface area contributed by atoms with E-state index in [1.165, 1.54) is 12.1 Å². The summed E-state index contributed by atoms with van der Waals surface area (Å²) in [7, 11) is 0. The van der Waals surface area contributed by atoms with Crippen molar-refractivity contribution in [2.45, 2.75) is 39.3 Å². The molecule has 2 atom stereocenters. The normalized spacial score (nSPS) is 19.9. The molecule has 112 valence electrons. The van der Waals surface area contributed by atoms with Crippen LogP contribution in [0.5, 0.6) is 0 Å². The van der Waals surface area contributed by atoms with Crippen LogP contribution in [-0.4, -0.2) is 42.2 Å². The maximum atomic E-state index is 9.68. The monoisotopic (exact) mass is 340 g/mol. The third-order valence-electron chi connectivity index (χ3n) is 4.33. The molecule has 1 aliphatic rings. The highest BCUT2D eigenvalue weighted by Gasteiger charge is 2.20. The van der Waals surface area contributed by atoms with E-state index < -0.39 is 6.10 Å². The fourth-order valence-electron chi connectivity index (χ4n) is 2.73. The molecule has 2 rings (SSSR count). The Hall–Kier alpha value is -0.580. The lowest BCUT2D eigenvalue weighted by Crippen LogP contribution is -2.49. The molecular weight excluding hydrogens is 316 g/mol. The zero-order chi connectivity index (χ0) is 14.7. The van der Waals surface area contributed by atoms with Crippen molar-refractivity contribution in [3.8, 4) is 0 Å². The maximum Gasteiger partial charge on any atom is 0.0772 e. The summed E-state index contributed by atoms with van der Waals surface area (Å²) in [5.74, 6) is 0. The number of benzene rings is 1. The molecule has 0 aromatic heterocycles. The molecule has 3 nitrogen and oxygen atoms in total. The van der Waals surface area contributed by atoms with Crippen molar-refractivity contribution in [2.24, 2.45) is 0 Å². The summed E-state index contributed by atoms with van der Waals surface area (Å²) in [6.07, 6.45) is 0.787. The smallest absolute Gasteiger partial charge is 0.0772 e. The molecule has 0 aliphatic carbocycles. The van der Waals surface area contributed by atoms with Gasteiger partial charge in [-0.15, -0.1) is 0 Å². The lowest BCUT2D eigenvalue weighted by atomic mass is 10.1. The third kappa shape index (κ3) is 3.54. The molecule has 1 aromatic rings. The van der Waals surface area contributed by atoms with Gasteiger partial charge in [-0.1, -0.05) is 28.9 Å². The lowest BCUT2D eigenvalue weighted by Gasteiger charge is -2.39. The Morgan fingerprint density at radius 3 is 2.35 bits per heavy atom. The van der Waals surface area contributed by atoms with Crippen molar-refractivity contribution in [1.82, 2.24) is 4.90 Å². The topological polar surface area (TPSA) is 26.7 Å². The summed E-state index contributed by atoms with van der Waals surface area (Å²) in [5, 5.41) is 9.68. The van der Waals surface area contributed by atoms with Crippen LogP contribution in [0.3, 0.4) is 0 Å². The summed E-state index contributed by atoms with van der Waals surface area (Å²) in [6.45, 7) is 10.8. The molecule has 1 fully saturated rings. The Morgan fingerprint density at radius 2 is 1.85 bits per heavy atom. The van der Waals surface area contributed by atoms with E-state index in [0.29, 0.717) is 6.04 Å². The number of hydrogen-bond donors (Lipinski definition) is 1. The van der Waals surface area contributed by atoms with Crippen molar-refractivity contribution in [1.29, 1.82) is 0 Å². The van der Waals surface area contributed by atoms with Gasteiger partial charge in [0.05, 0.1) is 6.10 Å². The highest BCUT2D eigenvalue weighted by molar-refractivity contribution is 9.10. The van der Waals surface area contributed by atoms with E-state index in [1.54, 1.807) is 6.92 Å². The molecule has 0 radical (unpaired) electrons. The van der Waals surface area contributed by atoms with E-state index in [2.05, 4.69) is 51.7 Å². The quantitative estimate of drug-likeness (QED) is 0.909. The predicted octanol–water partition coefficient (Wildman–Crippen LogP) is 3.42. The Labute approximate surface area is 130 Å². The van der Waals surface area contributed by atoms with Gasteiger partial charge >= 0.3 is 0 Å². The molecule has 20 heavy (non-hydrogen) atoms. The van der Waals surface area contributed by atoms with Crippen LogP contribution in [0.15, 0.2) is 22.7 Å². The molecule has 1 unspecified atom stereocenters. The van der Waals surface area contributed by atoms with Crippen LogP contribution in [0, 0.1) is 0 Å². The second kappa shape index (κ2) is 6.92. The zero-order valence-electron chi connectivity index (χ0n) is 12.6. The van der Waals surface area contributed by atoms with Gasteiger partial charge in [0.25, 0.3) is 0 Å². The first kappa shape index (κ1) is 15.8. The van der Waals surface area contributed by atoms with Gasteiger partial charge in [0, 0.05) is 42.4 Å². The molecular formula is C16H25BrN2O. The van der Waals surface area contributed by atoms with Crippen LogP contribution >= 0.6 is 15.9 Å². The molecule has 1 aromatic carbocycles. The summed E-state index contributed by atoms with van der Waals surface area (Å²) >= 11 is 3.56. The van der Waals surface area contributed by atoms with Crippen LogP contribution in [0.1, 0.15) is 38.9 Å². The molecule has 4 heteroatoms. The van der Waals surface area contributed by atoms with E-state index in [0.717, 1.165) is 36.2 Å². The zero-order valence-corrected chi connectivity index (χ0v) is 14.2. The van der Waals surface area contributed by atoms with Gasteiger partial charge in [-0.2, -0.15) is 0 Å². The fraction of sp³-hybridized carbons (Fsp3) is 0.625. The number of rotatable bonds is 4.